The second-order valence-corrected chi connectivity index (χ2v) is 6.38. The van der Waals surface area contributed by atoms with E-state index in [0.29, 0.717) is 20.1 Å². The molecule has 0 heterocycles. The third-order valence-electron chi connectivity index (χ3n) is 3.35. The van der Waals surface area contributed by atoms with Crippen LogP contribution in [0.25, 0.3) is 0 Å². The molecule has 2 atom stereocenters. The lowest BCUT2D eigenvalue weighted by Gasteiger charge is -2.23. The number of carboxylic acids is 2. The second-order valence-electron chi connectivity index (χ2n) is 4.67. The zero-order valence-corrected chi connectivity index (χ0v) is 14.4. The summed E-state index contributed by atoms with van der Waals surface area (Å²) in [5, 5.41) is 19.2. The third-order valence-corrected chi connectivity index (χ3v) is 4.79. The molecule has 0 spiro atoms. The van der Waals surface area contributed by atoms with Gasteiger partial charge in [0.2, 0.25) is 0 Å². The molecular weight excluding hydrogens is 416 g/mol. The Morgan fingerprint density at radius 2 is 1.05 bits per heavy atom. The van der Waals surface area contributed by atoms with Gasteiger partial charge in [-0.1, -0.05) is 68.3 Å². The van der Waals surface area contributed by atoms with E-state index in [1.807, 2.05) is 0 Å². The van der Waals surface area contributed by atoms with Gasteiger partial charge in [-0.3, -0.25) is 9.59 Å². The van der Waals surface area contributed by atoms with Crippen molar-refractivity contribution in [1.29, 1.82) is 0 Å². The Hall–Kier alpha value is -1.66. The predicted octanol–water partition coefficient (Wildman–Crippen LogP) is 4.25. The molecule has 114 valence electrons. The van der Waals surface area contributed by atoms with Crippen LogP contribution in [0.4, 0.5) is 0 Å². The van der Waals surface area contributed by atoms with Crippen LogP contribution in [-0.2, 0) is 9.59 Å². The Kier molecular flexibility index (Phi) is 5.37. The van der Waals surface area contributed by atoms with E-state index in [-0.39, 0.29) is 0 Å². The average Bonchev–Trinajstić information content (AvgIpc) is 2.46. The maximum Gasteiger partial charge on any atom is 0.312 e. The minimum Gasteiger partial charge on any atom is -0.481 e. The average molecular weight is 428 g/mol. The highest BCUT2D eigenvalue weighted by atomic mass is 79.9. The van der Waals surface area contributed by atoms with Crippen molar-refractivity contribution >= 4 is 43.8 Å². The molecule has 0 aliphatic rings. The van der Waals surface area contributed by atoms with E-state index < -0.39 is 23.8 Å². The standard InChI is InChI=1S/C16H12Br2O4/c17-11-7-3-1-5-9(11)13(15(19)20)14(16(21)22)10-6-2-4-8-12(10)18/h1-8,13-14H,(H,19,20)(H,21,22). The molecule has 4 nitrogen and oxygen atoms in total. The summed E-state index contributed by atoms with van der Waals surface area (Å²) >= 11 is 6.61. The maximum atomic E-state index is 11.8. The number of rotatable bonds is 5. The van der Waals surface area contributed by atoms with Crippen LogP contribution in [0.3, 0.4) is 0 Å². The molecule has 0 radical (unpaired) electrons. The Morgan fingerprint density at radius 3 is 1.32 bits per heavy atom. The van der Waals surface area contributed by atoms with E-state index >= 15 is 0 Å². The van der Waals surface area contributed by atoms with Crippen molar-refractivity contribution < 1.29 is 19.8 Å². The van der Waals surface area contributed by atoms with Gasteiger partial charge in [0.05, 0.1) is 0 Å². The Labute approximate surface area is 144 Å². The molecule has 0 aliphatic heterocycles. The lowest BCUT2D eigenvalue weighted by atomic mass is 9.81. The van der Waals surface area contributed by atoms with Crippen LogP contribution >= 0.6 is 31.9 Å². The minimum atomic E-state index is -1.20. The summed E-state index contributed by atoms with van der Waals surface area (Å²) in [5.41, 5.74) is 0.858. The summed E-state index contributed by atoms with van der Waals surface area (Å²) in [6, 6.07) is 13.5. The van der Waals surface area contributed by atoms with E-state index in [0.717, 1.165) is 0 Å². The number of hydrogen-bond acceptors (Lipinski definition) is 2. The van der Waals surface area contributed by atoms with Crippen LogP contribution in [0.15, 0.2) is 57.5 Å². The van der Waals surface area contributed by atoms with E-state index in [4.69, 9.17) is 0 Å². The Morgan fingerprint density at radius 1 is 0.727 bits per heavy atom. The first kappa shape index (κ1) is 16.7. The van der Waals surface area contributed by atoms with Crippen molar-refractivity contribution in [3.63, 3.8) is 0 Å². The number of aliphatic carboxylic acids is 2. The van der Waals surface area contributed by atoms with Crippen molar-refractivity contribution in [2.24, 2.45) is 0 Å². The molecule has 0 saturated heterocycles. The summed E-state index contributed by atoms with van der Waals surface area (Å²) in [6.07, 6.45) is 0. The monoisotopic (exact) mass is 426 g/mol. The van der Waals surface area contributed by atoms with Gasteiger partial charge in [0.1, 0.15) is 11.8 Å². The van der Waals surface area contributed by atoms with Gasteiger partial charge in [-0.05, 0) is 23.3 Å². The van der Waals surface area contributed by atoms with Gasteiger partial charge < -0.3 is 10.2 Å². The molecule has 0 bridgehead atoms. The molecular formula is C16H12Br2O4. The van der Waals surface area contributed by atoms with Crippen LogP contribution in [0.2, 0.25) is 0 Å². The molecule has 6 heteroatoms. The Bertz CT molecular complexity index is 653. The SMILES string of the molecule is O=C(O)C(c1ccccc1Br)C(C(=O)O)c1ccccc1Br. The van der Waals surface area contributed by atoms with Crippen molar-refractivity contribution in [1.82, 2.24) is 0 Å². The molecule has 0 saturated carbocycles. The zero-order valence-electron chi connectivity index (χ0n) is 11.2. The van der Waals surface area contributed by atoms with Crippen molar-refractivity contribution in [3.8, 4) is 0 Å². The topological polar surface area (TPSA) is 74.6 Å². The molecule has 2 aromatic carbocycles. The van der Waals surface area contributed by atoms with Crippen LogP contribution < -0.4 is 0 Å². The largest absolute Gasteiger partial charge is 0.481 e. The van der Waals surface area contributed by atoms with Crippen LogP contribution in [-0.4, -0.2) is 22.2 Å². The fourth-order valence-electron chi connectivity index (χ4n) is 2.36. The highest BCUT2D eigenvalue weighted by molar-refractivity contribution is 9.10. The molecule has 2 rings (SSSR count). The van der Waals surface area contributed by atoms with Gasteiger partial charge in [-0.15, -0.1) is 0 Å². The summed E-state index contributed by atoms with van der Waals surface area (Å²) in [7, 11) is 0. The number of carboxylic acid groups (broad SMARTS) is 2. The number of benzene rings is 2. The number of hydrogen-bond donors (Lipinski definition) is 2. The molecule has 0 fully saturated rings. The van der Waals surface area contributed by atoms with E-state index in [2.05, 4.69) is 31.9 Å². The van der Waals surface area contributed by atoms with Gasteiger partial charge >= 0.3 is 11.9 Å². The molecule has 22 heavy (non-hydrogen) atoms. The highest BCUT2D eigenvalue weighted by Crippen LogP contribution is 2.39. The smallest absolute Gasteiger partial charge is 0.312 e. The van der Waals surface area contributed by atoms with Crippen molar-refractivity contribution in [2.45, 2.75) is 11.8 Å². The van der Waals surface area contributed by atoms with Crippen molar-refractivity contribution in [3.05, 3.63) is 68.6 Å². The maximum absolute atomic E-state index is 11.8. The first-order valence-corrected chi connectivity index (χ1v) is 7.96. The van der Waals surface area contributed by atoms with Gasteiger partial charge in [0, 0.05) is 8.95 Å². The normalized spacial score (nSPS) is 13.4. The fraction of sp³-hybridized carbons (Fsp3) is 0.125. The van der Waals surface area contributed by atoms with E-state index in [1.165, 1.54) is 0 Å². The summed E-state index contributed by atoms with van der Waals surface area (Å²) in [6.45, 7) is 0. The molecule has 2 aromatic rings. The van der Waals surface area contributed by atoms with E-state index in [9.17, 15) is 19.8 Å². The molecule has 0 aliphatic carbocycles. The van der Waals surface area contributed by atoms with Crippen LogP contribution in [0.5, 0.6) is 0 Å². The van der Waals surface area contributed by atoms with Crippen molar-refractivity contribution in [2.75, 3.05) is 0 Å². The second kappa shape index (κ2) is 7.07. The summed E-state index contributed by atoms with van der Waals surface area (Å²) in [5.74, 6) is -4.77. The van der Waals surface area contributed by atoms with Gasteiger partial charge in [0.25, 0.3) is 0 Å². The predicted molar refractivity (Wildman–Crippen MR) is 89.0 cm³/mol. The number of carbonyl (C=O) groups is 2. The zero-order chi connectivity index (χ0) is 16.3. The van der Waals surface area contributed by atoms with E-state index in [1.54, 1.807) is 48.5 Å². The Balaban J connectivity index is 2.63. The first-order valence-electron chi connectivity index (χ1n) is 6.38. The molecule has 0 aromatic heterocycles. The highest BCUT2D eigenvalue weighted by Gasteiger charge is 2.38. The van der Waals surface area contributed by atoms with Gasteiger partial charge in [-0.2, -0.15) is 0 Å². The quantitative estimate of drug-likeness (QED) is 0.747. The molecule has 2 unspecified atom stereocenters. The molecule has 2 N–H and O–H groups in total. The van der Waals surface area contributed by atoms with Crippen LogP contribution in [0.1, 0.15) is 23.0 Å². The first-order chi connectivity index (χ1) is 10.4. The minimum absolute atomic E-state index is 0.429. The summed E-state index contributed by atoms with van der Waals surface area (Å²) in [4.78, 5) is 23.6. The van der Waals surface area contributed by atoms with Gasteiger partial charge in [0.15, 0.2) is 0 Å². The number of halogens is 2. The van der Waals surface area contributed by atoms with Gasteiger partial charge in [-0.25, -0.2) is 0 Å². The lowest BCUT2D eigenvalue weighted by Crippen LogP contribution is -2.27. The van der Waals surface area contributed by atoms with Crippen LogP contribution in [0, 0.1) is 0 Å². The summed E-state index contributed by atoms with van der Waals surface area (Å²) < 4.78 is 1.14. The third kappa shape index (κ3) is 3.39. The lowest BCUT2D eigenvalue weighted by molar-refractivity contribution is -0.147. The molecule has 0 amide bonds. The fourth-order valence-corrected chi connectivity index (χ4v) is 3.43.